The number of carbonyl (C=O) groups is 1. The Labute approximate surface area is 116 Å². The molecule has 1 aromatic carbocycles. The molecule has 0 aliphatic rings. The summed E-state index contributed by atoms with van der Waals surface area (Å²) in [7, 11) is 0. The van der Waals surface area contributed by atoms with E-state index >= 15 is 0 Å². The van der Waals surface area contributed by atoms with Gasteiger partial charge in [-0.05, 0) is 31.9 Å². The number of carbonyl (C=O) groups excluding carboxylic acids is 1. The molecule has 112 valence electrons. The number of rotatable bonds is 5. The van der Waals surface area contributed by atoms with Crippen LogP contribution in [0, 0.1) is 6.92 Å². The Morgan fingerprint density at radius 1 is 1.25 bits per heavy atom. The summed E-state index contributed by atoms with van der Waals surface area (Å²) in [6, 6.07) is 6.84. The molecule has 1 rings (SSSR count). The Hall–Kier alpha value is -1.56. The lowest BCUT2D eigenvalue weighted by Gasteiger charge is -2.21. The molecule has 2 N–H and O–H groups in total. The Kier molecular flexibility index (Phi) is 5.56. The van der Waals surface area contributed by atoms with E-state index in [-0.39, 0.29) is 6.04 Å². The van der Waals surface area contributed by atoms with Crippen molar-refractivity contribution in [3.63, 3.8) is 0 Å². The Bertz CT molecular complexity index is 460. The zero-order valence-corrected chi connectivity index (χ0v) is 11.7. The molecule has 3 nitrogen and oxygen atoms in total. The van der Waals surface area contributed by atoms with Gasteiger partial charge in [0.25, 0.3) is 0 Å². The van der Waals surface area contributed by atoms with Crippen LogP contribution < -0.4 is 10.6 Å². The molecule has 0 bridgehead atoms. The summed E-state index contributed by atoms with van der Waals surface area (Å²) in [6.07, 6.45) is -4.39. The average Bonchev–Trinajstić information content (AvgIpc) is 2.35. The van der Waals surface area contributed by atoms with Gasteiger partial charge in [-0.15, -0.1) is 0 Å². The standard InChI is InChI=1S/C14H19F3N2O/c1-9-6-4-5-7-12(9)10(2)19-11(3)13(20)18-8-14(15,16)17/h4-7,10-11,19H,8H2,1-3H3,(H,18,20)/t10-,11?/m0/s1. The van der Waals surface area contributed by atoms with E-state index in [4.69, 9.17) is 0 Å². The maximum absolute atomic E-state index is 12.0. The van der Waals surface area contributed by atoms with Crippen molar-refractivity contribution in [2.24, 2.45) is 0 Å². The first-order valence-electron chi connectivity index (χ1n) is 6.36. The first-order valence-corrected chi connectivity index (χ1v) is 6.36. The first-order chi connectivity index (χ1) is 9.20. The van der Waals surface area contributed by atoms with Gasteiger partial charge in [-0.3, -0.25) is 10.1 Å². The minimum Gasteiger partial charge on any atom is -0.346 e. The lowest BCUT2D eigenvalue weighted by atomic mass is 10.0. The van der Waals surface area contributed by atoms with Gasteiger partial charge < -0.3 is 5.32 Å². The van der Waals surface area contributed by atoms with Crippen molar-refractivity contribution in [3.05, 3.63) is 35.4 Å². The summed E-state index contributed by atoms with van der Waals surface area (Å²) >= 11 is 0. The number of hydrogen-bond donors (Lipinski definition) is 2. The van der Waals surface area contributed by atoms with E-state index in [1.807, 2.05) is 43.4 Å². The van der Waals surface area contributed by atoms with Crippen LogP contribution in [0.2, 0.25) is 0 Å². The summed E-state index contributed by atoms with van der Waals surface area (Å²) in [5.74, 6) is -0.664. The smallest absolute Gasteiger partial charge is 0.346 e. The van der Waals surface area contributed by atoms with Gasteiger partial charge in [-0.25, -0.2) is 0 Å². The quantitative estimate of drug-likeness (QED) is 0.874. The van der Waals surface area contributed by atoms with Crippen LogP contribution >= 0.6 is 0 Å². The number of benzene rings is 1. The molecule has 0 heterocycles. The molecule has 20 heavy (non-hydrogen) atoms. The fourth-order valence-corrected chi connectivity index (χ4v) is 1.95. The fourth-order valence-electron chi connectivity index (χ4n) is 1.95. The van der Waals surface area contributed by atoms with Crippen molar-refractivity contribution >= 4 is 5.91 Å². The van der Waals surface area contributed by atoms with E-state index in [0.717, 1.165) is 11.1 Å². The van der Waals surface area contributed by atoms with Crippen LogP contribution in [0.25, 0.3) is 0 Å². The van der Waals surface area contributed by atoms with Gasteiger partial charge in [0.1, 0.15) is 6.54 Å². The van der Waals surface area contributed by atoms with Gasteiger partial charge in [-0.1, -0.05) is 24.3 Å². The Balaban J connectivity index is 2.55. The molecule has 0 saturated heterocycles. The van der Waals surface area contributed by atoms with Crippen molar-refractivity contribution < 1.29 is 18.0 Å². The normalized spacial score (nSPS) is 14.7. The highest BCUT2D eigenvalue weighted by molar-refractivity contribution is 5.81. The van der Waals surface area contributed by atoms with Crippen molar-refractivity contribution in [2.45, 2.75) is 39.0 Å². The van der Waals surface area contributed by atoms with Crippen molar-refractivity contribution in [1.29, 1.82) is 0 Å². The number of aryl methyl sites for hydroxylation is 1. The van der Waals surface area contributed by atoms with Gasteiger partial charge >= 0.3 is 6.18 Å². The van der Waals surface area contributed by atoms with Crippen LogP contribution in [-0.2, 0) is 4.79 Å². The number of nitrogens with one attached hydrogen (secondary N) is 2. The minimum atomic E-state index is -4.39. The lowest BCUT2D eigenvalue weighted by Crippen LogP contribution is -2.45. The summed E-state index contributed by atoms with van der Waals surface area (Å²) in [6.45, 7) is 4.05. The topological polar surface area (TPSA) is 41.1 Å². The number of amides is 1. The lowest BCUT2D eigenvalue weighted by molar-refractivity contribution is -0.139. The molecule has 0 saturated carbocycles. The summed E-state index contributed by atoms with van der Waals surface area (Å²) in [5.41, 5.74) is 2.08. The minimum absolute atomic E-state index is 0.122. The monoisotopic (exact) mass is 288 g/mol. The number of alkyl halides is 3. The predicted molar refractivity (Wildman–Crippen MR) is 71.3 cm³/mol. The van der Waals surface area contributed by atoms with E-state index in [1.54, 1.807) is 6.92 Å². The van der Waals surface area contributed by atoms with Crippen molar-refractivity contribution in [3.8, 4) is 0 Å². The van der Waals surface area contributed by atoms with E-state index < -0.39 is 24.7 Å². The van der Waals surface area contributed by atoms with Crippen LogP contribution in [0.3, 0.4) is 0 Å². The van der Waals surface area contributed by atoms with Crippen molar-refractivity contribution in [1.82, 2.24) is 10.6 Å². The van der Waals surface area contributed by atoms with Gasteiger partial charge in [-0.2, -0.15) is 13.2 Å². The van der Waals surface area contributed by atoms with Gasteiger partial charge in [0.2, 0.25) is 5.91 Å². The van der Waals surface area contributed by atoms with Crippen LogP contribution in [-0.4, -0.2) is 24.7 Å². The zero-order valence-electron chi connectivity index (χ0n) is 11.7. The highest BCUT2D eigenvalue weighted by atomic mass is 19.4. The number of hydrogen-bond acceptors (Lipinski definition) is 2. The SMILES string of the molecule is Cc1ccccc1[C@H](C)NC(C)C(=O)NCC(F)(F)F. The molecule has 0 aliphatic carbocycles. The summed E-state index contributed by atoms with van der Waals surface area (Å²) in [5, 5.41) is 4.86. The molecule has 2 atom stereocenters. The van der Waals surface area contributed by atoms with Gasteiger partial charge in [0, 0.05) is 6.04 Å². The average molecular weight is 288 g/mol. The molecule has 0 spiro atoms. The second kappa shape index (κ2) is 6.74. The van der Waals surface area contributed by atoms with Crippen LogP contribution in [0.15, 0.2) is 24.3 Å². The van der Waals surface area contributed by atoms with Crippen molar-refractivity contribution in [2.75, 3.05) is 6.54 Å². The molecule has 6 heteroatoms. The maximum atomic E-state index is 12.0. The molecule has 0 fully saturated rings. The molecule has 0 radical (unpaired) electrons. The van der Waals surface area contributed by atoms with E-state index in [0.29, 0.717) is 0 Å². The summed E-state index contributed by atoms with van der Waals surface area (Å²) in [4.78, 5) is 11.6. The number of halogens is 3. The molecule has 0 aromatic heterocycles. The first kappa shape index (κ1) is 16.5. The molecular formula is C14H19F3N2O. The third kappa shape index (κ3) is 5.21. The molecule has 1 aromatic rings. The summed E-state index contributed by atoms with van der Waals surface area (Å²) < 4.78 is 36.1. The van der Waals surface area contributed by atoms with Crippen LogP contribution in [0.1, 0.15) is 31.0 Å². The predicted octanol–water partition coefficient (Wildman–Crippen LogP) is 2.71. The highest BCUT2D eigenvalue weighted by Gasteiger charge is 2.29. The van der Waals surface area contributed by atoms with Crippen LogP contribution in [0.5, 0.6) is 0 Å². The second-order valence-corrected chi connectivity index (χ2v) is 4.80. The Morgan fingerprint density at radius 2 is 1.85 bits per heavy atom. The third-order valence-electron chi connectivity index (χ3n) is 3.01. The third-order valence-corrected chi connectivity index (χ3v) is 3.01. The zero-order chi connectivity index (χ0) is 15.3. The molecule has 0 aliphatic heterocycles. The van der Waals surface area contributed by atoms with E-state index in [2.05, 4.69) is 5.32 Å². The molecular weight excluding hydrogens is 269 g/mol. The largest absolute Gasteiger partial charge is 0.405 e. The molecule has 1 amide bonds. The van der Waals surface area contributed by atoms with Crippen LogP contribution in [0.4, 0.5) is 13.2 Å². The van der Waals surface area contributed by atoms with E-state index in [9.17, 15) is 18.0 Å². The fraction of sp³-hybridized carbons (Fsp3) is 0.500. The Morgan fingerprint density at radius 3 is 2.40 bits per heavy atom. The maximum Gasteiger partial charge on any atom is 0.405 e. The van der Waals surface area contributed by atoms with Gasteiger partial charge in [0.05, 0.1) is 6.04 Å². The van der Waals surface area contributed by atoms with Gasteiger partial charge in [0.15, 0.2) is 0 Å². The van der Waals surface area contributed by atoms with E-state index in [1.165, 1.54) is 0 Å². The second-order valence-electron chi connectivity index (χ2n) is 4.80. The molecule has 1 unspecified atom stereocenters. The highest BCUT2D eigenvalue weighted by Crippen LogP contribution is 2.17.